The molecule has 0 aromatic heterocycles. The van der Waals surface area contributed by atoms with Crippen LogP contribution in [0.4, 0.5) is 0 Å². The minimum absolute atomic E-state index is 0.125. The SMILES string of the molecule is CC(C)S(=O)(=O)N[C@H]1CCC[C@H]1Oc1cccc(-c2ccccc2)c1. The molecule has 1 aliphatic rings. The monoisotopic (exact) mass is 359 g/mol. The van der Waals surface area contributed by atoms with Gasteiger partial charge < -0.3 is 4.74 Å². The molecule has 134 valence electrons. The van der Waals surface area contributed by atoms with Crippen molar-refractivity contribution in [1.82, 2.24) is 4.72 Å². The van der Waals surface area contributed by atoms with Gasteiger partial charge in [0.25, 0.3) is 0 Å². The van der Waals surface area contributed by atoms with E-state index >= 15 is 0 Å². The standard InChI is InChI=1S/C20H25NO3S/c1-15(2)25(22,23)21-19-12-7-13-20(19)24-18-11-6-10-17(14-18)16-8-4-3-5-9-16/h3-6,8-11,14-15,19-21H,7,12-13H2,1-2H3/t19-,20+/m0/s1. The predicted octanol–water partition coefficient (Wildman–Crippen LogP) is 3.98. The first-order chi connectivity index (χ1) is 12.0. The summed E-state index contributed by atoms with van der Waals surface area (Å²) < 4.78 is 33.3. The van der Waals surface area contributed by atoms with Gasteiger partial charge in [0.15, 0.2) is 0 Å². The Hall–Kier alpha value is -1.85. The predicted molar refractivity (Wildman–Crippen MR) is 101 cm³/mol. The van der Waals surface area contributed by atoms with Crippen LogP contribution in [0.2, 0.25) is 0 Å². The molecule has 1 saturated carbocycles. The van der Waals surface area contributed by atoms with E-state index in [-0.39, 0.29) is 12.1 Å². The van der Waals surface area contributed by atoms with Gasteiger partial charge in [0.2, 0.25) is 10.0 Å². The van der Waals surface area contributed by atoms with Gasteiger partial charge in [-0.05, 0) is 56.4 Å². The molecular formula is C20H25NO3S. The van der Waals surface area contributed by atoms with Crippen molar-refractivity contribution in [2.75, 3.05) is 0 Å². The lowest BCUT2D eigenvalue weighted by molar-refractivity contribution is 0.185. The van der Waals surface area contributed by atoms with Crippen LogP contribution in [-0.4, -0.2) is 25.8 Å². The van der Waals surface area contributed by atoms with Crippen LogP contribution in [-0.2, 0) is 10.0 Å². The van der Waals surface area contributed by atoms with Crippen LogP contribution in [0.5, 0.6) is 5.75 Å². The van der Waals surface area contributed by atoms with Gasteiger partial charge in [0.1, 0.15) is 11.9 Å². The van der Waals surface area contributed by atoms with Crippen LogP contribution < -0.4 is 9.46 Å². The average molecular weight is 359 g/mol. The molecule has 1 N–H and O–H groups in total. The highest BCUT2D eigenvalue weighted by Gasteiger charge is 2.33. The highest BCUT2D eigenvalue weighted by atomic mass is 32.2. The van der Waals surface area contributed by atoms with E-state index in [1.54, 1.807) is 13.8 Å². The zero-order valence-electron chi connectivity index (χ0n) is 14.7. The molecule has 2 atom stereocenters. The molecule has 0 heterocycles. The second-order valence-electron chi connectivity index (χ2n) is 6.80. The van der Waals surface area contributed by atoms with Crippen molar-refractivity contribution in [3.8, 4) is 16.9 Å². The highest BCUT2D eigenvalue weighted by Crippen LogP contribution is 2.28. The van der Waals surface area contributed by atoms with Crippen molar-refractivity contribution in [3.05, 3.63) is 54.6 Å². The third-order valence-electron chi connectivity index (χ3n) is 4.62. The molecule has 5 heteroatoms. The summed E-state index contributed by atoms with van der Waals surface area (Å²) in [5, 5.41) is -0.435. The quantitative estimate of drug-likeness (QED) is 0.849. The molecule has 25 heavy (non-hydrogen) atoms. The lowest BCUT2D eigenvalue weighted by atomic mass is 10.1. The minimum Gasteiger partial charge on any atom is -0.489 e. The van der Waals surface area contributed by atoms with Gasteiger partial charge in [-0.15, -0.1) is 0 Å². The first-order valence-electron chi connectivity index (χ1n) is 8.79. The van der Waals surface area contributed by atoms with Crippen molar-refractivity contribution < 1.29 is 13.2 Å². The molecular weight excluding hydrogens is 334 g/mol. The van der Waals surface area contributed by atoms with Gasteiger partial charge in [-0.3, -0.25) is 0 Å². The third-order valence-corrected chi connectivity index (χ3v) is 6.49. The summed E-state index contributed by atoms with van der Waals surface area (Å²) in [6.45, 7) is 3.38. The van der Waals surface area contributed by atoms with Gasteiger partial charge in [-0.1, -0.05) is 42.5 Å². The molecule has 0 aliphatic heterocycles. The molecule has 1 aliphatic carbocycles. The van der Waals surface area contributed by atoms with Crippen LogP contribution >= 0.6 is 0 Å². The third kappa shape index (κ3) is 4.41. The van der Waals surface area contributed by atoms with E-state index in [9.17, 15) is 8.42 Å². The Morgan fingerprint density at radius 3 is 2.44 bits per heavy atom. The summed E-state index contributed by atoms with van der Waals surface area (Å²) in [5.74, 6) is 0.780. The van der Waals surface area contributed by atoms with E-state index in [1.807, 2.05) is 36.4 Å². The lowest BCUT2D eigenvalue weighted by Gasteiger charge is -2.23. The Morgan fingerprint density at radius 1 is 1.00 bits per heavy atom. The Bertz CT molecular complexity index is 803. The zero-order valence-corrected chi connectivity index (χ0v) is 15.5. The second-order valence-corrected chi connectivity index (χ2v) is 9.07. The Kier molecular flexibility index (Phi) is 5.45. The number of benzene rings is 2. The van der Waals surface area contributed by atoms with Gasteiger partial charge in [-0.25, -0.2) is 13.1 Å². The molecule has 0 unspecified atom stereocenters. The average Bonchev–Trinajstić information content (AvgIpc) is 3.02. The van der Waals surface area contributed by atoms with Gasteiger partial charge in [-0.2, -0.15) is 0 Å². The summed E-state index contributed by atoms with van der Waals surface area (Å²) in [4.78, 5) is 0. The highest BCUT2D eigenvalue weighted by molar-refractivity contribution is 7.90. The van der Waals surface area contributed by atoms with E-state index in [2.05, 4.69) is 22.9 Å². The fourth-order valence-electron chi connectivity index (χ4n) is 3.10. The number of hydrogen-bond acceptors (Lipinski definition) is 3. The fraction of sp³-hybridized carbons (Fsp3) is 0.400. The Balaban J connectivity index is 1.73. The zero-order chi connectivity index (χ0) is 17.9. The number of hydrogen-bond donors (Lipinski definition) is 1. The van der Waals surface area contributed by atoms with E-state index < -0.39 is 15.3 Å². The molecule has 4 nitrogen and oxygen atoms in total. The molecule has 0 amide bonds. The van der Waals surface area contributed by atoms with Crippen molar-refractivity contribution in [2.24, 2.45) is 0 Å². The molecule has 0 spiro atoms. The Labute approximate surface area is 150 Å². The maximum absolute atomic E-state index is 12.2. The molecule has 0 saturated heterocycles. The van der Waals surface area contributed by atoms with E-state index in [0.29, 0.717) is 0 Å². The summed E-state index contributed by atoms with van der Waals surface area (Å²) in [6, 6.07) is 18.0. The van der Waals surface area contributed by atoms with Gasteiger partial charge in [0, 0.05) is 0 Å². The van der Waals surface area contributed by atoms with Crippen molar-refractivity contribution in [1.29, 1.82) is 0 Å². The molecule has 0 radical (unpaired) electrons. The van der Waals surface area contributed by atoms with Crippen LogP contribution in [0, 0.1) is 0 Å². The first kappa shape index (κ1) is 18.0. The summed E-state index contributed by atoms with van der Waals surface area (Å²) >= 11 is 0. The smallest absolute Gasteiger partial charge is 0.214 e. The Morgan fingerprint density at radius 2 is 1.72 bits per heavy atom. The maximum atomic E-state index is 12.2. The number of sulfonamides is 1. The van der Waals surface area contributed by atoms with Crippen LogP contribution in [0.15, 0.2) is 54.6 Å². The maximum Gasteiger partial charge on any atom is 0.214 e. The van der Waals surface area contributed by atoms with Crippen LogP contribution in [0.3, 0.4) is 0 Å². The van der Waals surface area contributed by atoms with Gasteiger partial charge in [0.05, 0.1) is 11.3 Å². The van der Waals surface area contributed by atoms with E-state index in [4.69, 9.17) is 4.74 Å². The largest absolute Gasteiger partial charge is 0.489 e. The van der Waals surface area contributed by atoms with Crippen LogP contribution in [0.25, 0.3) is 11.1 Å². The molecule has 1 fully saturated rings. The molecule has 0 bridgehead atoms. The van der Waals surface area contributed by atoms with Crippen molar-refractivity contribution in [2.45, 2.75) is 50.5 Å². The second kappa shape index (κ2) is 7.58. The van der Waals surface area contributed by atoms with Gasteiger partial charge >= 0.3 is 0 Å². The van der Waals surface area contributed by atoms with Crippen LogP contribution in [0.1, 0.15) is 33.1 Å². The number of rotatable bonds is 6. The van der Waals surface area contributed by atoms with Crippen molar-refractivity contribution >= 4 is 10.0 Å². The first-order valence-corrected chi connectivity index (χ1v) is 10.3. The summed E-state index contributed by atoms with van der Waals surface area (Å²) in [7, 11) is -3.29. The number of nitrogens with one attached hydrogen (secondary N) is 1. The fourth-order valence-corrected chi connectivity index (χ4v) is 4.07. The number of ether oxygens (including phenoxy) is 1. The summed E-state index contributed by atoms with van der Waals surface area (Å²) in [5.41, 5.74) is 2.23. The lowest BCUT2D eigenvalue weighted by Crippen LogP contribution is -2.44. The molecule has 2 aromatic carbocycles. The molecule has 3 rings (SSSR count). The van der Waals surface area contributed by atoms with E-state index in [1.165, 1.54) is 0 Å². The van der Waals surface area contributed by atoms with E-state index in [0.717, 1.165) is 36.1 Å². The summed E-state index contributed by atoms with van der Waals surface area (Å²) in [6.07, 6.45) is 2.52. The molecule has 2 aromatic rings. The minimum atomic E-state index is -3.29. The topological polar surface area (TPSA) is 55.4 Å². The van der Waals surface area contributed by atoms with Crippen molar-refractivity contribution in [3.63, 3.8) is 0 Å². The normalized spacial score (nSPS) is 20.8.